The Hall–Kier alpha value is -3.61. The summed E-state index contributed by atoms with van der Waals surface area (Å²) in [6.45, 7) is 4.34. The predicted octanol–water partition coefficient (Wildman–Crippen LogP) is 3.96. The molecule has 0 aliphatic heterocycles. The summed E-state index contributed by atoms with van der Waals surface area (Å²) in [5, 5.41) is 7.40. The zero-order chi connectivity index (χ0) is 22.4. The monoisotopic (exact) mass is 421 g/mol. The number of aromatic nitrogens is 2. The van der Waals surface area contributed by atoms with E-state index >= 15 is 0 Å². The third-order valence-corrected chi connectivity index (χ3v) is 5.20. The molecule has 1 N–H and O–H groups in total. The van der Waals surface area contributed by atoms with Crippen molar-refractivity contribution in [1.29, 1.82) is 0 Å². The molecule has 0 fully saturated rings. The van der Waals surface area contributed by atoms with Crippen LogP contribution in [-0.4, -0.2) is 29.9 Å². The number of aryl methyl sites for hydroxylation is 2. The number of hydrogen-bond acceptors (Lipinski definition) is 5. The van der Waals surface area contributed by atoms with Crippen molar-refractivity contribution in [2.75, 3.05) is 19.5 Å². The molecule has 0 spiro atoms. The molecule has 7 nitrogen and oxygen atoms in total. The number of hydrogen-bond donors (Lipinski definition) is 1. The quantitative estimate of drug-likeness (QED) is 0.595. The summed E-state index contributed by atoms with van der Waals surface area (Å²) in [6, 6.07) is 14.4. The molecule has 0 saturated carbocycles. The summed E-state index contributed by atoms with van der Waals surface area (Å²) in [4.78, 5) is 24.6. The second kappa shape index (κ2) is 9.93. The van der Waals surface area contributed by atoms with E-state index in [9.17, 15) is 9.59 Å². The molecule has 31 heavy (non-hydrogen) atoms. The van der Waals surface area contributed by atoms with Crippen molar-refractivity contribution in [3.8, 4) is 22.8 Å². The third kappa shape index (κ3) is 5.31. The van der Waals surface area contributed by atoms with Crippen molar-refractivity contribution in [2.24, 2.45) is 0 Å². The molecule has 1 amide bonds. The minimum Gasteiger partial charge on any atom is -0.493 e. The second-order valence-electron chi connectivity index (χ2n) is 7.25. The van der Waals surface area contributed by atoms with Crippen LogP contribution in [0.3, 0.4) is 0 Å². The van der Waals surface area contributed by atoms with Crippen LogP contribution < -0.4 is 20.3 Å². The number of benzene rings is 2. The molecule has 1 heterocycles. The van der Waals surface area contributed by atoms with E-state index in [1.807, 2.05) is 44.2 Å². The fourth-order valence-electron chi connectivity index (χ4n) is 3.25. The van der Waals surface area contributed by atoms with Crippen molar-refractivity contribution in [3.05, 3.63) is 70.0 Å². The van der Waals surface area contributed by atoms with Gasteiger partial charge < -0.3 is 14.8 Å². The van der Waals surface area contributed by atoms with E-state index < -0.39 is 0 Å². The van der Waals surface area contributed by atoms with Crippen molar-refractivity contribution >= 4 is 11.6 Å². The van der Waals surface area contributed by atoms with Crippen LogP contribution in [0.1, 0.15) is 24.0 Å². The largest absolute Gasteiger partial charge is 0.493 e. The van der Waals surface area contributed by atoms with Gasteiger partial charge in [-0.15, -0.1) is 0 Å². The van der Waals surface area contributed by atoms with E-state index in [1.165, 1.54) is 10.7 Å². The number of carbonyl (C=O) groups excluding carboxylic acids is 1. The smallest absolute Gasteiger partial charge is 0.266 e. The standard InChI is InChI=1S/C24H27N3O4/c1-16-7-5-8-19(17(16)2)25-23(28)9-6-14-27-24(29)13-11-20(26-27)18-10-12-21(30-3)22(15-18)31-4/h5,7-8,10-13,15H,6,9,14H2,1-4H3,(H,25,28). The third-order valence-electron chi connectivity index (χ3n) is 5.20. The highest BCUT2D eigenvalue weighted by molar-refractivity contribution is 5.91. The number of carbonyl (C=O) groups is 1. The molecule has 162 valence electrons. The highest BCUT2D eigenvalue weighted by atomic mass is 16.5. The van der Waals surface area contributed by atoms with Crippen LogP contribution in [0, 0.1) is 13.8 Å². The van der Waals surface area contributed by atoms with Crippen LogP contribution in [0.2, 0.25) is 0 Å². The van der Waals surface area contributed by atoms with E-state index in [4.69, 9.17) is 9.47 Å². The topological polar surface area (TPSA) is 82.5 Å². The van der Waals surface area contributed by atoms with Crippen LogP contribution in [0.5, 0.6) is 11.5 Å². The lowest BCUT2D eigenvalue weighted by Gasteiger charge is -2.11. The molecule has 0 aliphatic rings. The first-order valence-electron chi connectivity index (χ1n) is 10.1. The van der Waals surface area contributed by atoms with Gasteiger partial charge in [0.05, 0.1) is 19.9 Å². The van der Waals surface area contributed by atoms with Crippen LogP contribution in [0.4, 0.5) is 5.69 Å². The first kappa shape index (κ1) is 22.1. The summed E-state index contributed by atoms with van der Waals surface area (Å²) < 4.78 is 12.0. The number of nitrogens with one attached hydrogen (secondary N) is 1. The molecule has 0 saturated heterocycles. The zero-order valence-corrected chi connectivity index (χ0v) is 18.3. The van der Waals surface area contributed by atoms with Crippen LogP contribution in [0.25, 0.3) is 11.3 Å². The lowest BCUT2D eigenvalue weighted by atomic mass is 10.1. The van der Waals surface area contributed by atoms with Crippen molar-refractivity contribution in [2.45, 2.75) is 33.2 Å². The Morgan fingerprint density at radius 3 is 2.55 bits per heavy atom. The predicted molar refractivity (Wildman–Crippen MR) is 121 cm³/mol. The molecule has 0 bridgehead atoms. The molecule has 0 aliphatic carbocycles. The second-order valence-corrected chi connectivity index (χ2v) is 7.25. The van der Waals surface area contributed by atoms with E-state index in [2.05, 4.69) is 10.4 Å². The zero-order valence-electron chi connectivity index (χ0n) is 18.3. The summed E-state index contributed by atoms with van der Waals surface area (Å²) in [5.41, 5.74) is 4.23. The molecule has 2 aromatic carbocycles. The highest BCUT2D eigenvalue weighted by Gasteiger charge is 2.10. The van der Waals surface area contributed by atoms with E-state index in [1.54, 1.807) is 26.4 Å². The SMILES string of the molecule is COc1ccc(-c2ccc(=O)n(CCCC(=O)Nc3cccc(C)c3C)n2)cc1OC. The molecular formula is C24H27N3O4. The van der Waals surface area contributed by atoms with Crippen LogP contribution in [-0.2, 0) is 11.3 Å². The minimum atomic E-state index is -0.209. The number of amides is 1. The molecule has 0 atom stereocenters. The van der Waals surface area contributed by atoms with Gasteiger partial charge in [-0.2, -0.15) is 5.10 Å². The Morgan fingerprint density at radius 1 is 1.03 bits per heavy atom. The molecule has 0 unspecified atom stereocenters. The van der Waals surface area contributed by atoms with Gasteiger partial charge in [0.2, 0.25) is 5.91 Å². The number of methoxy groups -OCH3 is 2. The first-order valence-corrected chi connectivity index (χ1v) is 10.1. The Kier molecular flexibility index (Phi) is 7.07. The molecule has 3 aromatic rings. The average molecular weight is 421 g/mol. The van der Waals surface area contributed by atoms with Gasteiger partial charge in [-0.3, -0.25) is 9.59 Å². The van der Waals surface area contributed by atoms with E-state index in [0.717, 1.165) is 22.4 Å². The van der Waals surface area contributed by atoms with Gasteiger partial charge >= 0.3 is 0 Å². The number of rotatable bonds is 8. The van der Waals surface area contributed by atoms with Gasteiger partial charge in [0.1, 0.15) is 0 Å². The fraction of sp³-hybridized carbons (Fsp3) is 0.292. The van der Waals surface area contributed by atoms with E-state index in [-0.39, 0.29) is 11.5 Å². The van der Waals surface area contributed by atoms with Crippen LogP contribution in [0.15, 0.2) is 53.3 Å². The number of nitrogens with zero attached hydrogens (tertiary/aromatic N) is 2. The summed E-state index contributed by atoms with van der Waals surface area (Å²) in [7, 11) is 3.14. The van der Waals surface area contributed by atoms with E-state index in [0.29, 0.717) is 36.6 Å². The van der Waals surface area contributed by atoms with Gasteiger partial charge in [-0.25, -0.2) is 4.68 Å². The Balaban J connectivity index is 1.67. The first-order chi connectivity index (χ1) is 14.9. The normalized spacial score (nSPS) is 10.6. The lowest BCUT2D eigenvalue weighted by Crippen LogP contribution is -2.23. The fourth-order valence-corrected chi connectivity index (χ4v) is 3.25. The molecule has 3 rings (SSSR count). The summed E-state index contributed by atoms with van der Waals surface area (Å²) in [6.07, 6.45) is 0.793. The average Bonchev–Trinajstić information content (AvgIpc) is 2.77. The van der Waals surface area contributed by atoms with Gasteiger partial charge in [0.15, 0.2) is 11.5 Å². The number of ether oxygens (including phenoxy) is 2. The lowest BCUT2D eigenvalue weighted by molar-refractivity contribution is -0.116. The maximum atomic E-state index is 12.3. The van der Waals surface area contributed by atoms with Gasteiger partial charge in [0.25, 0.3) is 5.56 Å². The number of anilines is 1. The summed E-state index contributed by atoms with van der Waals surface area (Å²) >= 11 is 0. The molecular weight excluding hydrogens is 394 g/mol. The highest BCUT2D eigenvalue weighted by Crippen LogP contribution is 2.31. The minimum absolute atomic E-state index is 0.0854. The Morgan fingerprint density at radius 2 is 1.81 bits per heavy atom. The Bertz CT molecular complexity index is 1140. The van der Waals surface area contributed by atoms with Crippen molar-refractivity contribution in [1.82, 2.24) is 9.78 Å². The van der Waals surface area contributed by atoms with Crippen molar-refractivity contribution < 1.29 is 14.3 Å². The summed E-state index contributed by atoms with van der Waals surface area (Å²) in [5.74, 6) is 1.12. The van der Waals surface area contributed by atoms with Gasteiger partial charge in [-0.1, -0.05) is 12.1 Å². The molecule has 1 aromatic heterocycles. The maximum Gasteiger partial charge on any atom is 0.266 e. The maximum absolute atomic E-state index is 12.3. The van der Waals surface area contributed by atoms with Crippen molar-refractivity contribution in [3.63, 3.8) is 0 Å². The molecule has 7 heteroatoms. The Labute approximate surface area is 181 Å². The van der Waals surface area contributed by atoms with Gasteiger partial charge in [-0.05, 0) is 61.7 Å². The molecule has 0 radical (unpaired) electrons. The van der Waals surface area contributed by atoms with Crippen LogP contribution >= 0.6 is 0 Å². The van der Waals surface area contributed by atoms with Gasteiger partial charge in [0, 0.05) is 30.3 Å².